The molecule has 0 saturated heterocycles. The van der Waals surface area contributed by atoms with Crippen molar-refractivity contribution >= 4 is 17.9 Å². The first-order valence-corrected chi connectivity index (χ1v) is 13.0. The molecule has 0 bridgehead atoms. The molecule has 2 rings (SSSR count). The van der Waals surface area contributed by atoms with Crippen molar-refractivity contribution in [3.05, 3.63) is 58.7 Å². The number of anilines is 1. The number of ether oxygens (including phenoxy) is 1. The number of nitrogens with one attached hydrogen (secondary N) is 2. The van der Waals surface area contributed by atoms with Gasteiger partial charge >= 0.3 is 12.2 Å². The number of carbonyl (C=O) groups is 2. The Labute approximate surface area is 216 Å². The van der Waals surface area contributed by atoms with Crippen molar-refractivity contribution in [2.45, 2.75) is 72.6 Å². The molecule has 2 amide bonds. The largest absolute Gasteiger partial charge is 0.465 e. The number of aryl methyl sites for hydroxylation is 2. The van der Waals surface area contributed by atoms with E-state index in [2.05, 4.69) is 50.5 Å². The number of nitrogens with zero attached hydrogens (tertiary/aromatic N) is 1. The number of hydrogen-bond acceptors (Lipinski definition) is 4. The molecule has 36 heavy (non-hydrogen) atoms. The molecule has 0 fully saturated rings. The second-order valence-electron chi connectivity index (χ2n) is 9.94. The molecule has 0 saturated carbocycles. The molecule has 0 aliphatic rings. The first-order valence-electron chi connectivity index (χ1n) is 13.0. The molecule has 7 nitrogen and oxygen atoms in total. The third kappa shape index (κ3) is 9.19. The van der Waals surface area contributed by atoms with E-state index in [0.29, 0.717) is 30.7 Å². The van der Waals surface area contributed by atoms with Crippen LogP contribution in [0.3, 0.4) is 0 Å². The molecular weight excluding hydrogens is 454 g/mol. The molecule has 3 N–H and O–H groups in total. The van der Waals surface area contributed by atoms with Gasteiger partial charge in [-0.15, -0.1) is 0 Å². The third-order valence-electron chi connectivity index (χ3n) is 6.29. The van der Waals surface area contributed by atoms with Gasteiger partial charge in [0, 0.05) is 13.1 Å². The van der Waals surface area contributed by atoms with Crippen molar-refractivity contribution < 1.29 is 19.4 Å². The van der Waals surface area contributed by atoms with E-state index in [-0.39, 0.29) is 0 Å². The highest BCUT2D eigenvalue weighted by Crippen LogP contribution is 2.26. The Hall–Kier alpha value is -3.06. The number of hydrogen-bond donors (Lipinski definition) is 3. The molecule has 2 aromatic rings. The lowest BCUT2D eigenvalue weighted by Gasteiger charge is -2.23. The SMILES string of the molecule is Cc1ccc(C(C)C)cc1OC(=O)NCCCCNCCCN(C(=O)O)c1cc(C(C)C)ccc1C. The van der Waals surface area contributed by atoms with Crippen LogP contribution in [0.1, 0.15) is 81.0 Å². The third-order valence-corrected chi connectivity index (χ3v) is 6.29. The van der Waals surface area contributed by atoms with Gasteiger partial charge < -0.3 is 20.5 Å². The summed E-state index contributed by atoms with van der Waals surface area (Å²) in [6.45, 7) is 14.8. The highest BCUT2D eigenvalue weighted by Gasteiger charge is 2.17. The zero-order chi connectivity index (χ0) is 26.7. The summed E-state index contributed by atoms with van der Waals surface area (Å²) in [6.07, 6.45) is 1.09. The van der Waals surface area contributed by atoms with Gasteiger partial charge in [0.25, 0.3) is 0 Å². The number of amides is 2. The molecule has 0 radical (unpaired) electrons. The number of rotatable bonds is 13. The molecule has 0 aromatic heterocycles. The summed E-state index contributed by atoms with van der Waals surface area (Å²) >= 11 is 0. The topological polar surface area (TPSA) is 90.9 Å². The first kappa shape index (κ1) is 29.2. The fraction of sp³-hybridized carbons (Fsp3) is 0.517. The van der Waals surface area contributed by atoms with Crippen LogP contribution in [-0.4, -0.2) is 43.5 Å². The summed E-state index contributed by atoms with van der Waals surface area (Å²) in [5.41, 5.74) is 4.93. The zero-order valence-corrected chi connectivity index (χ0v) is 22.7. The van der Waals surface area contributed by atoms with Crippen LogP contribution in [0.2, 0.25) is 0 Å². The molecule has 7 heteroatoms. The second-order valence-corrected chi connectivity index (χ2v) is 9.94. The van der Waals surface area contributed by atoms with Crippen LogP contribution in [0.15, 0.2) is 36.4 Å². The van der Waals surface area contributed by atoms with E-state index in [1.165, 1.54) is 4.90 Å². The Morgan fingerprint density at radius 1 is 0.861 bits per heavy atom. The summed E-state index contributed by atoms with van der Waals surface area (Å²) in [4.78, 5) is 25.4. The van der Waals surface area contributed by atoms with Gasteiger partial charge in [0.15, 0.2) is 0 Å². The highest BCUT2D eigenvalue weighted by atomic mass is 16.6. The van der Waals surface area contributed by atoms with Crippen LogP contribution >= 0.6 is 0 Å². The van der Waals surface area contributed by atoms with Crippen molar-refractivity contribution in [1.29, 1.82) is 0 Å². The normalized spacial score (nSPS) is 11.1. The molecule has 0 aliphatic heterocycles. The predicted octanol–water partition coefficient (Wildman–Crippen LogP) is 6.58. The lowest BCUT2D eigenvalue weighted by atomic mass is 10.00. The summed E-state index contributed by atoms with van der Waals surface area (Å²) < 4.78 is 5.48. The lowest BCUT2D eigenvalue weighted by molar-refractivity contribution is 0.199. The van der Waals surface area contributed by atoms with Crippen LogP contribution in [0.5, 0.6) is 5.75 Å². The van der Waals surface area contributed by atoms with Gasteiger partial charge in [-0.05, 0) is 92.4 Å². The van der Waals surface area contributed by atoms with Gasteiger partial charge in [0.2, 0.25) is 0 Å². The minimum atomic E-state index is -0.928. The van der Waals surface area contributed by atoms with E-state index < -0.39 is 12.2 Å². The van der Waals surface area contributed by atoms with Gasteiger partial charge in [0.1, 0.15) is 5.75 Å². The van der Waals surface area contributed by atoms with E-state index in [1.807, 2.05) is 38.1 Å². The van der Waals surface area contributed by atoms with Crippen molar-refractivity contribution in [1.82, 2.24) is 10.6 Å². The van der Waals surface area contributed by atoms with E-state index in [4.69, 9.17) is 4.74 Å². The Bertz CT molecular complexity index is 1000. The second kappa shape index (κ2) is 14.5. The maximum Gasteiger partial charge on any atom is 0.412 e. The highest BCUT2D eigenvalue weighted by molar-refractivity contribution is 5.87. The Balaban J connectivity index is 1.65. The van der Waals surface area contributed by atoms with Gasteiger partial charge in [-0.2, -0.15) is 0 Å². The zero-order valence-electron chi connectivity index (χ0n) is 22.7. The van der Waals surface area contributed by atoms with Crippen molar-refractivity contribution in [2.75, 3.05) is 31.1 Å². The summed E-state index contributed by atoms with van der Waals surface area (Å²) in [5.74, 6) is 1.32. The molecule has 0 spiro atoms. The Kier molecular flexibility index (Phi) is 11.7. The molecule has 0 aliphatic carbocycles. The molecule has 2 aromatic carbocycles. The number of carbonyl (C=O) groups excluding carboxylic acids is 1. The van der Waals surface area contributed by atoms with Gasteiger partial charge in [0.05, 0.1) is 5.69 Å². The Morgan fingerprint density at radius 2 is 1.44 bits per heavy atom. The standard InChI is InChI=1S/C29H43N3O4/c1-20(2)24-12-10-22(5)26(18-24)32(29(34)35)17-9-15-30-14-7-8-16-31-28(33)36-27-19-25(21(3)4)13-11-23(27)6/h10-13,18-21,30H,7-9,14-17H2,1-6H3,(H,31,33)(H,34,35). The summed E-state index contributed by atoms with van der Waals surface area (Å²) in [6, 6.07) is 12.0. The average molecular weight is 498 g/mol. The van der Waals surface area contributed by atoms with Crippen molar-refractivity contribution in [3.63, 3.8) is 0 Å². The first-order chi connectivity index (χ1) is 17.1. The fourth-order valence-corrected chi connectivity index (χ4v) is 3.87. The molecular formula is C29H43N3O4. The van der Waals surface area contributed by atoms with Gasteiger partial charge in [-0.25, -0.2) is 9.59 Å². The molecule has 0 heterocycles. The summed E-state index contributed by atoms with van der Waals surface area (Å²) in [7, 11) is 0. The van der Waals surface area contributed by atoms with Crippen LogP contribution < -0.4 is 20.3 Å². The van der Waals surface area contributed by atoms with E-state index in [9.17, 15) is 14.7 Å². The van der Waals surface area contributed by atoms with Crippen LogP contribution in [0.25, 0.3) is 0 Å². The van der Waals surface area contributed by atoms with Crippen LogP contribution in [-0.2, 0) is 0 Å². The monoisotopic (exact) mass is 497 g/mol. The molecule has 0 unspecified atom stereocenters. The van der Waals surface area contributed by atoms with E-state index >= 15 is 0 Å². The average Bonchev–Trinajstić information content (AvgIpc) is 2.82. The van der Waals surface area contributed by atoms with Gasteiger partial charge in [-0.3, -0.25) is 4.90 Å². The minimum absolute atomic E-state index is 0.346. The number of carboxylic acid groups (broad SMARTS) is 1. The van der Waals surface area contributed by atoms with Crippen molar-refractivity contribution in [3.8, 4) is 5.75 Å². The van der Waals surface area contributed by atoms with Crippen LogP contribution in [0, 0.1) is 13.8 Å². The fourth-order valence-electron chi connectivity index (χ4n) is 3.87. The minimum Gasteiger partial charge on any atom is -0.465 e. The maximum atomic E-state index is 12.1. The number of unbranched alkanes of at least 4 members (excludes halogenated alkanes) is 1. The lowest BCUT2D eigenvalue weighted by Crippen LogP contribution is -2.33. The summed E-state index contributed by atoms with van der Waals surface area (Å²) in [5, 5.41) is 15.9. The molecule has 0 atom stereocenters. The maximum absolute atomic E-state index is 12.1. The van der Waals surface area contributed by atoms with Crippen LogP contribution in [0.4, 0.5) is 15.3 Å². The van der Waals surface area contributed by atoms with E-state index in [0.717, 1.165) is 60.3 Å². The van der Waals surface area contributed by atoms with Gasteiger partial charge in [-0.1, -0.05) is 52.0 Å². The van der Waals surface area contributed by atoms with E-state index in [1.54, 1.807) is 0 Å². The predicted molar refractivity (Wildman–Crippen MR) is 147 cm³/mol. The number of benzene rings is 2. The quantitative estimate of drug-likeness (QED) is 0.272. The van der Waals surface area contributed by atoms with Crippen molar-refractivity contribution in [2.24, 2.45) is 0 Å². The smallest absolute Gasteiger partial charge is 0.412 e. The Morgan fingerprint density at radius 3 is 2.08 bits per heavy atom. The molecule has 198 valence electrons.